The van der Waals surface area contributed by atoms with Gasteiger partial charge in [0.05, 0.1) is 5.54 Å². The Kier molecular flexibility index (Phi) is 7.02. The molecule has 1 unspecified atom stereocenters. The van der Waals surface area contributed by atoms with Crippen molar-refractivity contribution in [1.82, 2.24) is 5.32 Å². The van der Waals surface area contributed by atoms with Gasteiger partial charge < -0.3 is 11.1 Å². The number of carbonyl (C=O) groups excluding carboxylic acids is 1. The maximum atomic E-state index is 13.4. The number of halogens is 1. The summed E-state index contributed by atoms with van der Waals surface area (Å²) in [4.78, 5) is 12.2. The third-order valence-electron chi connectivity index (χ3n) is 3.22. The molecule has 0 aliphatic rings. The smallest absolute Gasteiger partial charge is 0.237 e. The van der Waals surface area contributed by atoms with Crippen LogP contribution in [0.25, 0.3) is 0 Å². The summed E-state index contributed by atoms with van der Waals surface area (Å²) < 4.78 is 13.4. The summed E-state index contributed by atoms with van der Waals surface area (Å²) in [6.45, 7) is 4.64. The minimum absolute atomic E-state index is 0.195. The van der Waals surface area contributed by atoms with Crippen LogP contribution in [-0.2, 0) is 4.79 Å². The Labute approximate surface area is 124 Å². The van der Waals surface area contributed by atoms with Crippen LogP contribution >= 0.6 is 11.8 Å². The standard InChI is InChI=1S/C15H23FN2OS/c1-3-10-18-15(2,14(17)19)9-6-11-20-13-8-5-4-7-12(13)16/h4-5,7-8,18H,3,6,9-11H2,1-2H3,(H2,17,19). The number of amides is 1. The quantitative estimate of drug-likeness (QED) is 0.544. The van der Waals surface area contributed by atoms with E-state index in [2.05, 4.69) is 5.32 Å². The van der Waals surface area contributed by atoms with Crippen LogP contribution in [0.3, 0.4) is 0 Å². The molecule has 0 aliphatic heterocycles. The second kappa shape index (κ2) is 8.27. The number of nitrogens with one attached hydrogen (secondary N) is 1. The van der Waals surface area contributed by atoms with E-state index in [0.29, 0.717) is 11.3 Å². The fourth-order valence-electron chi connectivity index (χ4n) is 1.87. The van der Waals surface area contributed by atoms with E-state index in [0.717, 1.165) is 25.1 Å². The van der Waals surface area contributed by atoms with Gasteiger partial charge in [0.2, 0.25) is 5.91 Å². The fourth-order valence-corrected chi connectivity index (χ4v) is 2.76. The van der Waals surface area contributed by atoms with Gasteiger partial charge in [-0.2, -0.15) is 0 Å². The molecule has 0 radical (unpaired) electrons. The van der Waals surface area contributed by atoms with E-state index >= 15 is 0 Å². The number of rotatable bonds is 9. The van der Waals surface area contributed by atoms with Crippen molar-refractivity contribution in [3.8, 4) is 0 Å². The molecule has 0 fully saturated rings. The molecule has 0 aromatic heterocycles. The monoisotopic (exact) mass is 298 g/mol. The maximum absolute atomic E-state index is 13.4. The second-order valence-electron chi connectivity index (χ2n) is 5.01. The fraction of sp³-hybridized carbons (Fsp3) is 0.533. The van der Waals surface area contributed by atoms with Crippen molar-refractivity contribution in [2.24, 2.45) is 5.73 Å². The number of carbonyl (C=O) groups is 1. The van der Waals surface area contributed by atoms with Gasteiger partial charge in [0, 0.05) is 4.90 Å². The summed E-state index contributed by atoms with van der Waals surface area (Å²) in [5.41, 5.74) is 4.79. The van der Waals surface area contributed by atoms with Crippen LogP contribution in [-0.4, -0.2) is 23.7 Å². The van der Waals surface area contributed by atoms with Crippen molar-refractivity contribution in [1.29, 1.82) is 0 Å². The number of benzene rings is 1. The molecule has 0 bridgehead atoms. The Morgan fingerprint density at radius 2 is 2.15 bits per heavy atom. The predicted molar refractivity (Wildman–Crippen MR) is 82.3 cm³/mol. The topological polar surface area (TPSA) is 55.1 Å². The first-order chi connectivity index (χ1) is 9.49. The lowest BCUT2D eigenvalue weighted by atomic mass is 9.95. The Balaban J connectivity index is 2.41. The predicted octanol–water partition coefficient (Wildman–Crippen LogP) is 2.94. The Bertz CT molecular complexity index is 442. The van der Waals surface area contributed by atoms with Gasteiger partial charge in [-0.3, -0.25) is 4.79 Å². The van der Waals surface area contributed by atoms with Crippen LogP contribution in [0, 0.1) is 5.82 Å². The van der Waals surface area contributed by atoms with Crippen molar-refractivity contribution in [2.45, 2.75) is 43.5 Å². The molecule has 0 heterocycles. The van der Waals surface area contributed by atoms with Crippen LogP contribution in [0.4, 0.5) is 4.39 Å². The highest BCUT2D eigenvalue weighted by molar-refractivity contribution is 7.99. The van der Waals surface area contributed by atoms with Crippen LogP contribution in [0.2, 0.25) is 0 Å². The zero-order valence-electron chi connectivity index (χ0n) is 12.1. The molecule has 0 saturated heterocycles. The first-order valence-corrected chi connectivity index (χ1v) is 7.90. The van der Waals surface area contributed by atoms with Gasteiger partial charge in [-0.25, -0.2) is 4.39 Å². The average Bonchev–Trinajstić information content (AvgIpc) is 2.43. The lowest BCUT2D eigenvalue weighted by Crippen LogP contribution is -2.53. The highest BCUT2D eigenvalue weighted by Crippen LogP contribution is 2.23. The Morgan fingerprint density at radius 1 is 1.45 bits per heavy atom. The molecular formula is C15H23FN2OS. The molecule has 1 aromatic rings. The normalized spacial score (nSPS) is 13.9. The second-order valence-corrected chi connectivity index (χ2v) is 6.14. The van der Waals surface area contributed by atoms with Crippen LogP contribution in [0.1, 0.15) is 33.1 Å². The van der Waals surface area contributed by atoms with E-state index in [4.69, 9.17) is 5.73 Å². The first kappa shape index (κ1) is 17.0. The third-order valence-corrected chi connectivity index (χ3v) is 4.36. The highest BCUT2D eigenvalue weighted by atomic mass is 32.2. The summed E-state index contributed by atoms with van der Waals surface area (Å²) >= 11 is 1.47. The number of thioether (sulfide) groups is 1. The van der Waals surface area contributed by atoms with Crippen LogP contribution in [0.15, 0.2) is 29.2 Å². The van der Waals surface area contributed by atoms with Crippen molar-refractivity contribution < 1.29 is 9.18 Å². The Morgan fingerprint density at radius 3 is 2.75 bits per heavy atom. The molecule has 1 amide bonds. The molecule has 0 aliphatic carbocycles. The van der Waals surface area contributed by atoms with E-state index in [1.807, 2.05) is 19.9 Å². The molecule has 1 aromatic carbocycles. The molecule has 20 heavy (non-hydrogen) atoms. The summed E-state index contributed by atoms with van der Waals surface area (Å²) in [6.07, 6.45) is 2.41. The lowest BCUT2D eigenvalue weighted by molar-refractivity contribution is -0.124. The SMILES string of the molecule is CCCNC(C)(CCCSc1ccccc1F)C(N)=O. The average molecular weight is 298 g/mol. The van der Waals surface area contributed by atoms with E-state index < -0.39 is 5.54 Å². The zero-order valence-corrected chi connectivity index (χ0v) is 12.9. The zero-order chi connectivity index (χ0) is 15.0. The first-order valence-electron chi connectivity index (χ1n) is 6.92. The van der Waals surface area contributed by atoms with Gasteiger partial charge in [-0.05, 0) is 50.6 Å². The Hall–Kier alpha value is -1.07. The number of primary amides is 1. The molecule has 0 spiro atoms. The molecule has 3 nitrogen and oxygen atoms in total. The van der Waals surface area contributed by atoms with Gasteiger partial charge in [0.15, 0.2) is 0 Å². The molecule has 112 valence electrons. The van der Waals surface area contributed by atoms with Gasteiger partial charge in [0.1, 0.15) is 5.82 Å². The van der Waals surface area contributed by atoms with Gasteiger partial charge >= 0.3 is 0 Å². The molecule has 1 atom stereocenters. The van der Waals surface area contributed by atoms with E-state index in [1.165, 1.54) is 17.8 Å². The summed E-state index contributed by atoms with van der Waals surface area (Å²) in [5, 5.41) is 3.20. The number of hydrogen-bond donors (Lipinski definition) is 2. The maximum Gasteiger partial charge on any atom is 0.237 e. The van der Waals surface area contributed by atoms with E-state index in [9.17, 15) is 9.18 Å². The summed E-state index contributed by atoms with van der Waals surface area (Å²) in [6, 6.07) is 6.72. The van der Waals surface area contributed by atoms with Gasteiger partial charge in [0.25, 0.3) is 0 Å². The number of nitrogens with two attached hydrogens (primary N) is 1. The summed E-state index contributed by atoms with van der Waals surface area (Å²) in [5.74, 6) is 0.235. The third kappa shape index (κ3) is 5.13. The van der Waals surface area contributed by atoms with Crippen molar-refractivity contribution in [3.63, 3.8) is 0 Å². The molecule has 0 saturated carbocycles. The van der Waals surface area contributed by atoms with Gasteiger partial charge in [-0.15, -0.1) is 11.8 Å². The minimum Gasteiger partial charge on any atom is -0.368 e. The minimum atomic E-state index is -0.675. The van der Waals surface area contributed by atoms with E-state index in [1.54, 1.807) is 12.1 Å². The molecule has 1 rings (SSSR count). The van der Waals surface area contributed by atoms with Crippen LogP contribution in [0.5, 0.6) is 0 Å². The largest absolute Gasteiger partial charge is 0.368 e. The van der Waals surface area contributed by atoms with Gasteiger partial charge in [-0.1, -0.05) is 19.1 Å². The summed E-state index contributed by atoms with van der Waals surface area (Å²) in [7, 11) is 0. The highest BCUT2D eigenvalue weighted by Gasteiger charge is 2.29. The number of hydrogen-bond acceptors (Lipinski definition) is 3. The van der Waals surface area contributed by atoms with Crippen molar-refractivity contribution >= 4 is 17.7 Å². The molecule has 3 N–H and O–H groups in total. The van der Waals surface area contributed by atoms with Crippen LogP contribution < -0.4 is 11.1 Å². The lowest BCUT2D eigenvalue weighted by Gasteiger charge is -2.27. The molecule has 5 heteroatoms. The van der Waals surface area contributed by atoms with Crippen molar-refractivity contribution in [3.05, 3.63) is 30.1 Å². The molecular weight excluding hydrogens is 275 g/mol. The van der Waals surface area contributed by atoms with E-state index in [-0.39, 0.29) is 11.7 Å². The van der Waals surface area contributed by atoms with Crippen molar-refractivity contribution in [2.75, 3.05) is 12.3 Å².